The van der Waals surface area contributed by atoms with Crippen molar-refractivity contribution in [2.75, 3.05) is 0 Å². The summed E-state index contributed by atoms with van der Waals surface area (Å²) in [4.78, 5) is 33.6. The second-order valence-corrected chi connectivity index (χ2v) is 6.28. The number of benzene rings is 2. The molecule has 0 bridgehead atoms. The van der Waals surface area contributed by atoms with Gasteiger partial charge in [0.05, 0.1) is 11.1 Å². The Morgan fingerprint density at radius 2 is 1.86 bits per heavy atom. The monoisotopic (exact) mass is 384 g/mol. The molecule has 0 saturated carbocycles. The lowest BCUT2D eigenvalue weighted by Gasteiger charge is -2.07. The molecule has 0 spiro atoms. The van der Waals surface area contributed by atoms with Gasteiger partial charge in [-0.25, -0.2) is 5.43 Å². The Labute approximate surface area is 161 Å². The van der Waals surface area contributed by atoms with Gasteiger partial charge in [-0.1, -0.05) is 38.1 Å². The molecule has 0 saturated heterocycles. The number of nitrogens with zero attached hydrogens (tertiary/aromatic N) is 2. The highest BCUT2D eigenvalue weighted by Crippen LogP contribution is 2.25. The minimum atomic E-state index is -0.969. The molecule has 0 aliphatic rings. The van der Waals surface area contributed by atoms with Crippen LogP contribution in [-0.2, 0) is 16.1 Å². The number of nitro groups is 1. The van der Waals surface area contributed by atoms with E-state index < -0.39 is 28.2 Å². The molecule has 2 aromatic rings. The van der Waals surface area contributed by atoms with E-state index in [9.17, 15) is 24.8 Å². The van der Waals surface area contributed by atoms with E-state index in [0.717, 1.165) is 23.9 Å². The molecule has 146 valence electrons. The zero-order chi connectivity index (χ0) is 20.7. The summed E-state index contributed by atoms with van der Waals surface area (Å²) in [6, 6.07) is 11.3. The topological polar surface area (TPSA) is 134 Å². The summed E-state index contributed by atoms with van der Waals surface area (Å²) < 4.78 is 0. The summed E-state index contributed by atoms with van der Waals surface area (Å²) in [7, 11) is 0. The molecule has 28 heavy (non-hydrogen) atoms. The first-order chi connectivity index (χ1) is 13.3. The Morgan fingerprint density at radius 3 is 2.46 bits per heavy atom. The van der Waals surface area contributed by atoms with Gasteiger partial charge in [-0.3, -0.25) is 19.7 Å². The predicted molar refractivity (Wildman–Crippen MR) is 103 cm³/mol. The van der Waals surface area contributed by atoms with Gasteiger partial charge in [0.1, 0.15) is 0 Å². The molecule has 0 heterocycles. The Hall–Kier alpha value is -3.75. The fraction of sp³-hybridized carbons (Fsp3) is 0.211. The van der Waals surface area contributed by atoms with E-state index in [-0.39, 0.29) is 12.1 Å². The molecule has 0 radical (unpaired) electrons. The summed E-state index contributed by atoms with van der Waals surface area (Å²) in [6.45, 7) is 4.36. The van der Waals surface area contributed by atoms with Crippen LogP contribution in [0.15, 0.2) is 47.6 Å². The van der Waals surface area contributed by atoms with Crippen LogP contribution in [-0.4, -0.2) is 28.1 Å². The Bertz CT molecular complexity index is 907. The zero-order valence-electron chi connectivity index (χ0n) is 15.4. The average molecular weight is 384 g/mol. The lowest BCUT2D eigenvalue weighted by molar-refractivity contribution is -0.385. The summed E-state index contributed by atoms with van der Waals surface area (Å²) in [6.07, 6.45) is 1.13. The first kappa shape index (κ1) is 20.6. The van der Waals surface area contributed by atoms with Gasteiger partial charge in [-0.05, 0) is 29.2 Å². The van der Waals surface area contributed by atoms with Gasteiger partial charge < -0.3 is 10.4 Å². The maximum atomic E-state index is 11.8. The molecule has 2 rings (SSSR count). The molecule has 0 atom stereocenters. The van der Waals surface area contributed by atoms with E-state index >= 15 is 0 Å². The largest absolute Gasteiger partial charge is 0.502 e. The fourth-order valence-corrected chi connectivity index (χ4v) is 2.27. The van der Waals surface area contributed by atoms with Gasteiger partial charge in [0, 0.05) is 18.2 Å². The van der Waals surface area contributed by atoms with Crippen LogP contribution >= 0.6 is 0 Å². The van der Waals surface area contributed by atoms with Gasteiger partial charge in [0.15, 0.2) is 5.75 Å². The number of hydrazone groups is 1. The maximum absolute atomic E-state index is 11.8. The summed E-state index contributed by atoms with van der Waals surface area (Å²) in [5, 5.41) is 26.2. The molecule has 2 amide bonds. The van der Waals surface area contributed by atoms with Crippen LogP contribution in [0.4, 0.5) is 5.69 Å². The van der Waals surface area contributed by atoms with E-state index in [4.69, 9.17) is 0 Å². The van der Waals surface area contributed by atoms with Crippen LogP contribution in [0.5, 0.6) is 5.75 Å². The Kier molecular flexibility index (Phi) is 6.80. The number of carbonyl (C=O) groups excluding carboxylic acids is 2. The molecule has 0 unspecified atom stereocenters. The highest BCUT2D eigenvalue weighted by atomic mass is 16.6. The lowest BCUT2D eigenvalue weighted by atomic mass is 10.0. The number of rotatable bonds is 6. The zero-order valence-corrected chi connectivity index (χ0v) is 15.4. The van der Waals surface area contributed by atoms with Crippen LogP contribution in [0.25, 0.3) is 0 Å². The third-order valence-electron chi connectivity index (χ3n) is 3.88. The molecule has 9 nitrogen and oxygen atoms in total. The normalized spacial score (nSPS) is 10.8. The van der Waals surface area contributed by atoms with Crippen LogP contribution in [0.2, 0.25) is 0 Å². The fourth-order valence-electron chi connectivity index (χ4n) is 2.27. The molecule has 9 heteroatoms. The third-order valence-corrected chi connectivity index (χ3v) is 3.88. The Morgan fingerprint density at radius 1 is 1.18 bits per heavy atom. The van der Waals surface area contributed by atoms with Crippen LogP contribution in [0, 0.1) is 10.1 Å². The van der Waals surface area contributed by atoms with E-state index in [1.807, 2.05) is 29.7 Å². The van der Waals surface area contributed by atoms with Gasteiger partial charge in [0.2, 0.25) is 0 Å². The van der Waals surface area contributed by atoms with Gasteiger partial charge in [-0.2, -0.15) is 5.10 Å². The molecule has 0 aliphatic carbocycles. The summed E-state index contributed by atoms with van der Waals surface area (Å²) in [5.74, 6) is -1.90. The number of aromatic hydroxyl groups is 1. The highest BCUT2D eigenvalue weighted by Gasteiger charge is 2.14. The first-order valence-electron chi connectivity index (χ1n) is 8.45. The van der Waals surface area contributed by atoms with Gasteiger partial charge in [-0.15, -0.1) is 0 Å². The van der Waals surface area contributed by atoms with E-state index in [1.165, 1.54) is 11.6 Å². The number of phenols is 1. The number of nitrogens with one attached hydrogen (secondary N) is 2. The van der Waals surface area contributed by atoms with Crippen LogP contribution in [0.1, 0.15) is 36.5 Å². The highest BCUT2D eigenvalue weighted by molar-refractivity contribution is 6.35. The lowest BCUT2D eigenvalue weighted by Crippen LogP contribution is -2.37. The van der Waals surface area contributed by atoms with Crippen molar-refractivity contribution in [3.63, 3.8) is 0 Å². The number of hydrogen-bond donors (Lipinski definition) is 3. The molecule has 0 aromatic heterocycles. The van der Waals surface area contributed by atoms with Crippen molar-refractivity contribution in [1.82, 2.24) is 10.7 Å². The van der Waals surface area contributed by atoms with Crippen molar-refractivity contribution in [2.45, 2.75) is 26.3 Å². The second-order valence-electron chi connectivity index (χ2n) is 6.28. The smallest absolute Gasteiger partial charge is 0.329 e. The minimum absolute atomic E-state index is 0.193. The molecule has 3 N–H and O–H groups in total. The minimum Gasteiger partial charge on any atom is -0.502 e. The SMILES string of the molecule is CC(C)c1ccc(CNC(=O)C(=O)N/N=C\c2ccc(O)c([N+](=O)[O-])c2)cc1. The number of carbonyl (C=O) groups is 2. The quantitative estimate of drug-likeness (QED) is 0.304. The van der Waals surface area contributed by atoms with Crippen LogP contribution < -0.4 is 10.7 Å². The maximum Gasteiger partial charge on any atom is 0.329 e. The van der Waals surface area contributed by atoms with Crippen molar-refractivity contribution < 1.29 is 19.6 Å². The first-order valence-corrected chi connectivity index (χ1v) is 8.45. The van der Waals surface area contributed by atoms with E-state index in [1.54, 1.807) is 0 Å². The summed E-state index contributed by atoms with van der Waals surface area (Å²) in [5.41, 5.74) is 3.85. The number of amides is 2. The summed E-state index contributed by atoms with van der Waals surface area (Å²) >= 11 is 0. The van der Waals surface area contributed by atoms with Crippen molar-refractivity contribution in [1.29, 1.82) is 0 Å². The second kappa shape index (κ2) is 9.26. The molecule has 0 aliphatic heterocycles. The van der Waals surface area contributed by atoms with Gasteiger partial charge >= 0.3 is 17.5 Å². The standard InChI is InChI=1S/C19H20N4O5/c1-12(2)15-6-3-13(4-7-15)10-20-18(25)19(26)22-21-11-14-5-8-17(24)16(9-14)23(27)28/h3-9,11-12,24H,10H2,1-2H3,(H,20,25)(H,22,26)/b21-11-. The number of phenolic OH excluding ortho intramolecular Hbond substituents is 1. The number of nitro benzene ring substituents is 1. The third kappa shape index (κ3) is 5.63. The van der Waals surface area contributed by atoms with Gasteiger partial charge in [0.25, 0.3) is 0 Å². The average Bonchev–Trinajstić information content (AvgIpc) is 2.67. The number of hydrogen-bond acceptors (Lipinski definition) is 6. The molecular formula is C19H20N4O5. The molecule has 2 aromatic carbocycles. The van der Waals surface area contributed by atoms with Crippen LogP contribution in [0.3, 0.4) is 0 Å². The van der Waals surface area contributed by atoms with E-state index in [0.29, 0.717) is 5.92 Å². The van der Waals surface area contributed by atoms with Crippen molar-refractivity contribution in [2.24, 2.45) is 5.10 Å². The van der Waals surface area contributed by atoms with Crippen molar-refractivity contribution >= 4 is 23.7 Å². The molecule has 0 fully saturated rings. The van der Waals surface area contributed by atoms with Crippen molar-refractivity contribution in [3.8, 4) is 5.75 Å². The van der Waals surface area contributed by atoms with Crippen molar-refractivity contribution in [3.05, 3.63) is 69.3 Å². The molecular weight excluding hydrogens is 364 g/mol. The Balaban J connectivity index is 1.87. The van der Waals surface area contributed by atoms with E-state index in [2.05, 4.69) is 24.3 Å². The predicted octanol–water partition coefficient (Wildman–Crippen LogP) is 2.19.